The number of nitrogens with zero attached hydrogens (tertiary/aromatic N) is 3. The minimum Gasteiger partial charge on any atom is -0.337 e. The van der Waals surface area contributed by atoms with Gasteiger partial charge in [-0.3, -0.25) is 9.36 Å². The molecule has 0 bridgehead atoms. The molecule has 1 aliphatic heterocycles. The molecule has 2 aromatic heterocycles. The van der Waals surface area contributed by atoms with Crippen molar-refractivity contribution in [3.63, 3.8) is 0 Å². The maximum absolute atomic E-state index is 13.1. The fourth-order valence-corrected chi connectivity index (χ4v) is 5.45. The Hall–Kier alpha value is -2.57. The summed E-state index contributed by atoms with van der Waals surface area (Å²) in [6.07, 6.45) is 7.84. The highest BCUT2D eigenvalue weighted by atomic mass is 32.2. The van der Waals surface area contributed by atoms with Crippen LogP contribution in [0.5, 0.6) is 0 Å². The van der Waals surface area contributed by atoms with Crippen LogP contribution in [-0.2, 0) is 13.6 Å². The predicted molar refractivity (Wildman–Crippen MR) is 113 cm³/mol. The Labute approximate surface area is 166 Å². The fourth-order valence-electron chi connectivity index (χ4n) is 3.02. The minimum atomic E-state index is 0.0368. The second-order valence-corrected chi connectivity index (χ2v) is 8.41. The van der Waals surface area contributed by atoms with Crippen molar-refractivity contribution in [2.75, 3.05) is 11.9 Å². The Balaban J connectivity index is 1.93. The van der Waals surface area contributed by atoms with E-state index in [1.807, 2.05) is 55.3 Å². The molecule has 0 fully saturated rings. The first-order valence-corrected chi connectivity index (χ1v) is 10.2. The fraction of sp³-hybridized carbons (Fsp3) is 0.143. The van der Waals surface area contributed by atoms with Crippen LogP contribution in [0.1, 0.15) is 5.56 Å². The molecule has 0 aliphatic carbocycles. The van der Waals surface area contributed by atoms with Gasteiger partial charge in [-0.05, 0) is 23.8 Å². The zero-order chi connectivity index (χ0) is 19.0. The van der Waals surface area contributed by atoms with E-state index in [0.29, 0.717) is 6.54 Å². The summed E-state index contributed by atoms with van der Waals surface area (Å²) in [7, 11) is 4.01. The summed E-state index contributed by atoms with van der Waals surface area (Å²) < 4.78 is 5.49. The lowest BCUT2D eigenvalue weighted by atomic mass is 10.3. The Morgan fingerprint density at radius 3 is 2.63 bits per heavy atom. The van der Waals surface area contributed by atoms with E-state index in [1.165, 1.54) is 16.2 Å². The highest BCUT2D eigenvalue weighted by Gasteiger charge is 2.24. The average Bonchev–Trinajstić information content (AvgIpc) is 3.16. The van der Waals surface area contributed by atoms with Gasteiger partial charge in [0.2, 0.25) is 0 Å². The lowest BCUT2D eigenvalue weighted by Crippen LogP contribution is -2.33. The van der Waals surface area contributed by atoms with Gasteiger partial charge in [-0.25, -0.2) is 4.57 Å². The lowest BCUT2D eigenvalue weighted by molar-refractivity contribution is -0.671. The Morgan fingerprint density at radius 1 is 1.19 bits per heavy atom. The van der Waals surface area contributed by atoms with E-state index < -0.39 is 0 Å². The summed E-state index contributed by atoms with van der Waals surface area (Å²) in [5.74, 6) is 0. The van der Waals surface area contributed by atoms with Gasteiger partial charge in [0.25, 0.3) is 5.56 Å². The summed E-state index contributed by atoms with van der Waals surface area (Å²) in [6.45, 7) is 4.31. The third-order valence-electron chi connectivity index (χ3n) is 4.45. The van der Waals surface area contributed by atoms with E-state index in [1.54, 1.807) is 22.4 Å². The molecule has 0 N–H and O–H groups in total. The Bertz CT molecular complexity index is 1190. The number of pyridine rings is 1. The van der Waals surface area contributed by atoms with Crippen LogP contribution in [0.25, 0.3) is 11.1 Å². The van der Waals surface area contributed by atoms with Crippen LogP contribution in [0.4, 0.5) is 5.69 Å². The molecule has 0 amide bonds. The minimum absolute atomic E-state index is 0.0368. The zero-order valence-corrected chi connectivity index (χ0v) is 16.9. The second-order valence-electron chi connectivity index (χ2n) is 6.35. The van der Waals surface area contributed by atoms with Crippen molar-refractivity contribution in [1.82, 2.24) is 4.57 Å². The number of hydrogen-bond donors (Lipinski definition) is 0. The van der Waals surface area contributed by atoms with E-state index in [2.05, 4.69) is 29.7 Å². The van der Waals surface area contributed by atoms with Crippen LogP contribution in [0.3, 0.4) is 0 Å². The van der Waals surface area contributed by atoms with Gasteiger partial charge in [0, 0.05) is 30.6 Å². The average molecular weight is 395 g/mol. The van der Waals surface area contributed by atoms with Crippen LogP contribution in [-0.4, -0.2) is 11.6 Å². The van der Waals surface area contributed by atoms with Crippen molar-refractivity contribution in [3.8, 4) is 0 Å². The monoisotopic (exact) mass is 394 g/mol. The van der Waals surface area contributed by atoms with E-state index >= 15 is 0 Å². The van der Waals surface area contributed by atoms with Gasteiger partial charge in [-0.2, -0.15) is 0 Å². The van der Waals surface area contributed by atoms with Gasteiger partial charge in [-0.1, -0.05) is 30.0 Å². The Kier molecular flexibility index (Phi) is 4.76. The number of aromatic nitrogens is 2. The third-order valence-corrected chi connectivity index (χ3v) is 6.94. The molecule has 0 unspecified atom stereocenters. The number of fused-ring (bicyclic) bond motifs is 1. The molecule has 27 heavy (non-hydrogen) atoms. The van der Waals surface area contributed by atoms with E-state index in [4.69, 9.17) is 0 Å². The smallest absolute Gasteiger partial charge is 0.272 e. The SMILES string of the molecule is C=CCn1c(=Cc2cc[n+](C)cc2)sc(=C2Sc3ccccc3N2C)c1=O. The molecule has 3 heterocycles. The number of thiazole rings is 1. The molecule has 0 radical (unpaired) electrons. The zero-order valence-electron chi connectivity index (χ0n) is 15.3. The summed E-state index contributed by atoms with van der Waals surface area (Å²) in [4.78, 5) is 16.4. The molecular weight excluding hydrogens is 374 g/mol. The molecular formula is C21H20N3OS2+. The van der Waals surface area contributed by atoms with Crippen LogP contribution < -0.4 is 24.2 Å². The molecule has 4 nitrogen and oxygen atoms in total. The molecule has 0 saturated carbocycles. The normalized spacial score (nSPS) is 15.9. The number of anilines is 1. The number of aryl methyl sites for hydroxylation is 1. The molecule has 0 spiro atoms. The molecule has 0 atom stereocenters. The predicted octanol–water partition coefficient (Wildman–Crippen LogP) is 2.06. The maximum Gasteiger partial charge on any atom is 0.272 e. The van der Waals surface area contributed by atoms with Gasteiger partial charge in [0.1, 0.15) is 16.6 Å². The highest BCUT2D eigenvalue weighted by Crippen LogP contribution is 2.44. The number of allylic oxidation sites excluding steroid dienone is 1. The van der Waals surface area contributed by atoms with Gasteiger partial charge in [0.15, 0.2) is 12.4 Å². The first-order chi connectivity index (χ1) is 13.1. The molecule has 6 heteroatoms. The van der Waals surface area contributed by atoms with Gasteiger partial charge < -0.3 is 4.90 Å². The van der Waals surface area contributed by atoms with Gasteiger partial charge in [-0.15, -0.1) is 17.9 Å². The standard InChI is InChI=1S/C21H20N3OS2/c1-4-11-24-18(14-15-9-12-22(2)13-10-15)27-19(20(24)25)21-23(3)16-7-5-6-8-17(16)26-21/h4-10,12-14H,1,11H2,2-3H3/q+1. The number of rotatable bonds is 3. The quantitative estimate of drug-likeness (QED) is 0.503. The van der Waals surface area contributed by atoms with E-state index in [9.17, 15) is 4.79 Å². The summed E-state index contributed by atoms with van der Waals surface area (Å²) in [5.41, 5.74) is 2.25. The van der Waals surface area contributed by atoms with Crippen LogP contribution in [0.15, 0.2) is 71.1 Å². The van der Waals surface area contributed by atoms with Crippen molar-refractivity contribution in [2.45, 2.75) is 11.4 Å². The molecule has 3 aromatic rings. The topological polar surface area (TPSA) is 29.1 Å². The van der Waals surface area contributed by atoms with Crippen molar-refractivity contribution in [2.24, 2.45) is 7.05 Å². The third kappa shape index (κ3) is 3.26. The number of thioether (sulfide) groups is 1. The van der Waals surface area contributed by atoms with Crippen molar-refractivity contribution in [3.05, 3.63) is 86.6 Å². The van der Waals surface area contributed by atoms with Crippen molar-refractivity contribution < 1.29 is 4.57 Å². The number of benzene rings is 1. The van der Waals surface area contributed by atoms with Crippen LogP contribution >= 0.6 is 23.1 Å². The van der Waals surface area contributed by atoms with Crippen LogP contribution in [0.2, 0.25) is 0 Å². The molecule has 0 saturated heterocycles. The maximum atomic E-state index is 13.1. The molecule has 1 aromatic carbocycles. The Morgan fingerprint density at radius 2 is 1.93 bits per heavy atom. The van der Waals surface area contributed by atoms with Gasteiger partial charge in [0.05, 0.1) is 10.4 Å². The lowest BCUT2D eigenvalue weighted by Gasteiger charge is -2.11. The summed E-state index contributed by atoms with van der Waals surface area (Å²) in [6, 6.07) is 12.3. The largest absolute Gasteiger partial charge is 0.337 e. The first-order valence-electron chi connectivity index (χ1n) is 8.61. The second kappa shape index (κ2) is 7.21. The first kappa shape index (κ1) is 17.8. The van der Waals surface area contributed by atoms with E-state index in [0.717, 1.165) is 25.5 Å². The number of para-hydroxylation sites is 1. The summed E-state index contributed by atoms with van der Waals surface area (Å²) in [5, 5.41) is 0.989. The highest BCUT2D eigenvalue weighted by molar-refractivity contribution is 8.08. The summed E-state index contributed by atoms with van der Waals surface area (Å²) >= 11 is 3.19. The van der Waals surface area contributed by atoms with Crippen molar-refractivity contribution >= 4 is 39.9 Å². The van der Waals surface area contributed by atoms with E-state index in [-0.39, 0.29) is 5.56 Å². The molecule has 136 valence electrons. The van der Waals surface area contributed by atoms with Gasteiger partial charge >= 0.3 is 0 Å². The van der Waals surface area contributed by atoms with Crippen LogP contribution in [0, 0.1) is 0 Å². The molecule has 1 aliphatic rings. The number of hydrogen-bond acceptors (Lipinski definition) is 4. The van der Waals surface area contributed by atoms with Crippen molar-refractivity contribution in [1.29, 1.82) is 0 Å². The molecule has 4 rings (SSSR count).